The number of benzene rings is 2. The summed E-state index contributed by atoms with van der Waals surface area (Å²) in [7, 11) is -0.473. The van der Waals surface area contributed by atoms with Gasteiger partial charge in [0.2, 0.25) is 0 Å². The van der Waals surface area contributed by atoms with Gasteiger partial charge in [-0.15, -0.1) is 0 Å². The maximum atomic E-state index is 2.36. The normalized spacial score (nSPS) is 15.9. The summed E-state index contributed by atoms with van der Waals surface area (Å²) in [5.41, 5.74) is 7.73. The van der Waals surface area contributed by atoms with Crippen molar-refractivity contribution in [1.29, 1.82) is 0 Å². The van der Waals surface area contributed by atoms with E-state index in [0.717, 1.165) is 6.42 Å². The molecule has 0 fully saturated rings. The zero-order valence-corrected chi connectivity index (χ0v) is 17.0. The first-order valence-electron chi connectivity index (χ1n) is 8.90. The van der Waals surface area contributed by atoms with E-state index in [4.69, 9.17) is 0 Å². The molecule has 0 atom stereocenters. The molecule has 0 aromatic heterocycles. The fourth-order valence-corrected chi connectivity index (χ4v) is 6.46. The molecule has 0 bridgehead atoms. The lowest BCUT2D eigenvalue weighted by Crippen LogP contribution is -2.22. The monoisotopic (exact) mass is 332 g/mol. The van der Waals surface area contributed by atoms with E-state index in [0.29, 0.717) is 0 Å². The van der Waals surface area contributed by atoms with Crippen molar-refractivity contribution in [3.8, 4) is 0 Å². The highest BCUT2D eigenvalue weighted by atomic mass is 28.2. The Kier molecular flexibility index (Phi) is 4.64. The van der Waals surface area contributed by atoms with Crippen LogP contribution in [-0.2, 0) is 0 Å². The Morgan fingerprint density at radius 1 is 0.833 bits per heavy atom. The largest absolute Gasteiger partial charge is 0.0883 e. The van der Waals surface area contributed by atoms with Gasteiger partial charge in [-0.25, -0.2) is 0 Å². The van der Waals surface area contributed by atoms with Crippen LogP contribution in [0.5, 0.6) is 0 Å². The predicted molar refractivity (Wildman–Crippen MR) is 109 cm³/mol. The Morgan fingerprint density at radius 3 is 2.04 bits per heavy atom. The highest BCUT2D eigenvalue weighted by Crippen LogP contribution is 2.45. The van der Waals surface area contributed by atoms with Crippen molar-refractivity contribution in [2.45, 2.75) is 41.0 Å². The van der Waals surface area contributed by atoms with Crippen LogP contribution in [0, 0.1) is 12.3 Å². The molecule has 0 radical (unpaired) electrons. The van der Waals surface area contributed by atoms with E-state index in [9.17, 15) is 0 Å². The molecule has 0 saturated heterocycles. The fourth-order valence-electron chi connectivity index (χ4n) is 3.99. The van der Waals surface area contributed by atoms with Gasteiger partial charge in [0.15, 0.2) is 0 Å². The number of rotatable bonds is 3. The lowest BCUT2D eigenvalue weighted by Gasteiger charge is -2.25. The van der Waals surface area contributed by atoms with Crippen LogP contribution in [0.2, 0.25) is 0 Å². The second-order valence-electron chi connectivity index (χ2n) is 8.07. The molecule has 1 aliphatic carbocycles. The highest BCUT2D eigenvalue weighted by molar-refractivity contribution is 6.63. The lowest BCUT2D eigenvalue weighted by molar-refractivity contribution is 0.511. The van der Waals surface area contributed by atoms with Crippen molar-refractivity contribution in [2.75, 3.05) is 0 Å². The third kappa shape index (κ3) is 3.46. The van der Waals surface area contributed by atoms with Crippen LogP contribution < -0.4 is 5.19 Å². The number of hydrogen-bond donors (Lipinski definition) is 0. The molecular formula is C23H28Si. The van der Waals surface area contributed by atoms with Gasteiger partial charge in [0.1, 0.15) is 0 Å². The third-order valence-electron chi connectivity index (χ3n) is 4.91. The van der Waals surface area contributed by atoms with E-state index >= 15 is 0 Å². The molecule has 0 saturated carbocycles. The molecule has 1 heteroatoms. The average Bonchev–Trinajstić information content (AvgIpc) is 2.85. The summed E-state index contributed by atoms with van der Waals surface area (Å²) in [5.74, 6) is 0. The fraction of sp³-hybridized carbons (Fsp3) is 0.304. The molecule has 24 heavy (non-hydrogen) atoms. The molecule has 0 N–H and O–H groups in total. The summed E-state index contributed by atoms with van der Waals surface area (Å²) in [6, 6.07) is 20.2. The van der Waals surface area contributed by atoms with Crippen LogP contribution in [0.4, 0.5) is 0 Å². The van der Waals surface area contributed by atoms with Gasteiger partial charge in [-0.05, 0) is 42.4 Å². The quantitative estimate of drug-likeness (QED) is 0.696. The second kappa shape index (κ2) is 6.56. The van der Waals surface area contributed by atoms with Gasteiger partial charge >= 0.3 is 0 Å². The minimum Gasteiger partial charge on any atom is -0.0653 e. The molecule has 0 unspecified atom stereocenters. The first-order valence-corrected chi connectivity index (χ1v) is 10.3. The molecule has 0 amide bonds. The van der Waals surface area contributed by atoms with Crippen LogP contribution in [0.1, 0.15) is 45.2 Å². The predicted octanol–water partition coefficient (Wildman–Crippen LogP) is 4.97. The maximum Gasteiger partial charge on any atom is 0.0883 e. The Bertz CT molecular complexity index is 784. The summed E-state index contributed by atoms with van der Waals surface area (Å²) < 4.78 is 0. The molecule has 2 aromatic rings. The smallest absolute Gasteiger partial charge is 0.0653 e. The van der Waals surface area contributed by atoms with Gasteiger partial charge in [0.05, 0.1) is 9.52 Å². The molecule has 0 heterocycles. The first-order chi connectivity index (χ1) is 11.4. The zero-order valence-electron chi connectivity index (χ0n) is 15.6. The minimum atomic E-state index is -0.473. The van der Waals surface area contributed by atoms with Gasteiger partial charge in [-0.3, -0.25) is 0 Å². The zero-order chi connectivity index (χ0) is 17.3. The lowest BCUT2D eigenvalue weighted by atomic mass is 9.85. The summed E-state index contributed by atoms with van der Waals surface area (Å²) in [6.45, 7) is 11.6. The molecule has 1 aliphatic rings. The van der Waals surface area contributed by atoms with E-state index in [1.54, 1.807) is 21.9 Å². The van der Waals surface area contributed by atoms with Crippen LogP contribution in [0.3, 0.4) is 0 Å². The molecule has 124 valence electrons. The van der Waals surface area contributed by atoms with Crippen molar-refractivity contribution < 1.29 is 0 Å². The summed E-state index contributed by atoms with van der Waals surface area (Å²) >= 11 is 0. The van der Waals surface area contributed by atoms with E-state index in [1.807, 2.05) is 0 Å². The van der Waals surface area contributed by atoms with E-state index in [1.165, 1.54) is 16.3 Å². The summed E-state index contributed by atoms with van der Waals surface area (Å²) in [5, 5.41) is 3.21. The van der Waals surface area contributed by atoms with Crippen molar-refractivity contribution in [3.05, 3.63) is 82.1 Å². The number of allylic oxidation sites excluding steroid dienone is 4. The van der Waals surface area contributed by atoms with Gasteiger partial charge in [-0.1, -0.05) is 96.9 Å². The van der Waals surface area contributed by atoms with Gasteiger partial charge < -0.3 is 0 Å². The molecular weight excluding hydrogens is 304 g/mol. The molecule has 0 spiro atoms. The van der Waals surface area contributed by atoms with Crippen LogP contribution in [0.25, 0.3) is 5.57 Å². The standard InChI is InChI=1S/C23H28Si/c1-16-11-13-18(14-12-16)20-15-17(2)21(23(3,4)5)22(20)24-19-9-7-6-8-10-19/h6-14H,15,24H2,1-5H3. The molecule has 0 aliphatic heterocycles. The van der Waals surface area contributed by atoms with Crippen molar-refractivity contribution in [2.24, 2.45) is 5.41 Å². The summed E-state index contributed by atoms with van der Waals surface area (Å²) in [4.78, 5) is 0. The van der Waals surface area contributed by atoms with E-state index < -0.39 is 9.52 Å². The van der Waals surface area contributed by atoms with Crippen molar-refractivity contribution >= 4 is 20.3 Å². The average molecular weight is 333 g/mol. The van der Waals surface area contributed by atoms with E-state index in [-0.39, 0.29) is 5.41 Å². The SMILES string of the molecule is CC1=C(C(C)(C)C)C([SiH2]c2ccccc2)=C(c2ccc(C)cc2)C1. The Hall–Kier alpha value is -1.86. The number of aryl methyl sites for hydroxylation is 1. The topological polar surface area (TPSA) is 0 Å². The maximum absolute atomic E-state index is 2.36. The van der Waals surface area contributed by atoms with Crippen LogP contribution in [0.15, 0.2) is 70.9 Å². The van der Waals surface area contributed by atoms with Crippen LogP contribution in [-0.4, -0.2) is 9.52 Å². The van der Waals surface area contributed by atoms with Gasteiger partial charge in [0, 0.05) is 0 Å². The molecule has 2 aromatic carbocycles. The van der Waals surface area contributed by atoms with Gasteiger partial charge in [-0.2, -0.15) is 0 Å². The Morgan fingerprint density at radius 2 is 1.46 bits per heavy atom. The molecule has 3 rings (SSSR count). The van der Waals surface area contributed by atoms with Crippen molar-refractivity contribution in [1.82, 2.24) is 0 Å². The van der Waals surface area contributed by atoms with Gasteiger partial charge in [0.25, 0.3) is 0 Å². The van der Waals surface area contributed by atoms with E-state index in [2.05, 4.69) is 89.2 Å². The highest BCUT2D eigenvalue weighted by Gasteiger charge is 2.30. The Labute approximate surface area is 149 Å². The second-order valence-corrected chi connectivity index (χ2v) is 9.94. The minimum absolute atomic E-state index is 0.216. The first kappa shape index (κ1) is 17.0. The number of hydrogen-bond acceptors (Lipinski definition) is 0. The Balaban J connectivity index is 2.10. The van der Waals surface area contributed by atoms with Crippen molar-refractivity contribution in [3.63, 3.8) is 0 Å². The van der Waals surface area contributed by atoms with Crippen LogP contribution >= 0.6 is 0 Å². The molecule has 0 nitrogen and oxygen atoms in total. The third-order valence-corrected chi connectivity index (χ3v) is 6.92. The summed E-state index contributed by atoms with van der Waals surface area (Å²) in [6.07, 6.45) is 1.12.